The summed E-state index contributed by atoms with van der Waals surface area (Å²) < 4.78 is 5.14. The number of nitrogens with zero attached hydrogens (tertiary/aromatic N) is 3. The minimum Gasteiger partial charge on any atom is -0.497 e. The number of hydrogen-bond acceptors (Lipinski definition) is 5. The highest BCUT2D eigenvalue weighted by atomic mass is 16.5. The summed E-state index contributed by atoms with van der Waals surface area (Å²) in [7, 11) is 1.63. The van der Waals surface area contributed by atoms with Gasteiger partial charge in [0.25, 0.3) is 0 Å². The third-order valence-corrected chi connectivity index (χ3v) is 2.40. The molecule has 0 radical (unpaired) electrons. The fourth-order valence-corrected chi connectivity index (χ4v) is 1.52. The lowest BCUT2D eigenvalue weighted by atomic mass is 10.2. The Labute approximate surface area is 105 Å². The molecule has 5 heteroatoms. The zero-order valence-electron chi connectivity index (χ0n) is 9.92. The first-order valence-electron chi connectivity index (χ1n) is 5.41. The van der Waals surface area contributed by atoms with E-state index in [1.165, 1.54) is 6.20 Å². The van der Waals surface area contributed by atoms with Gasteiger partial charge in [0.2, 0.25) is 0 Å². The molecule has 1 N–H and O–H groups in total. The highest BCUT2D eigenvalue weighted by Gasteiger charge is 2.03. The van der Waals surface area contributed by atoms with Crippen molar-refractivity contribution >= 4 is 5.82 Å². The molecule has 1 aromatic carbocycles. The van der Waals surface area contributed by atoms with Crippen molar-refractivity contribution in [2.75, 3.05) is 12.4 Å². The van der Waals surface area contributed by atoms with Gasteiger partial charge in [-0.3, -0.25) is 0 Å². The molecular weight excluding hydrogens is 228 g/mol. The monoisotopic (exact) mass is 240 g/mol. The first-order valence-corrected chi connectivity index (χ1v) is 5.41. The van der Waals surface area contributed by atoms with E-state index in [1.807, 2.05) is 30.3 Å². The Hall–Kier alpha value is -2.61. The number of hydrogen-bond donors (Lipinski definition) is 1. The standard InChI is InChI=1S/C13H12N4O/c1-18-11-4-2-3-10(7-11)9-17-13-12(8-14)15-5-6-16-13/h2-7H,9H2,1H3,(H,16,17). The van der Waals surface area contributed by atoms with Crippen molar-refractivity contribution in [2.45, 2.75) is 6.54 Å². The molecule has 1 aromatic heterocycles. The van der Waals surface area contributed by atoms with Gasteiger partial charge in [-0.05, 0) is 17.7 Å². The topological polar surface area (TPSA) is 70.8 Å². The van der Waals surface area contributed by atoms with E-state index < -0.39 is 0 Å². The minimum absolute atomic E-state index is 0.292. The van der Waals surface area contributed by atoms with E-state index in [2.05, 4.69) is 15.3 Å². The molecule has 0 aliphatic rings. The molecule has 2 aromatic rings. The van der Waals surface area contributed by atoms with Gasteiger partial charge in [-0.15, -0.1) is 0 Å². The van der Waals surface area contributed by atoms with Crippen LogP contribution in [0.5, 0.6) is 5.75 Å². The lowest BCUT2D eigenvalue weighted by molar-refractivity contribution is 0.414. The van der Waals surface area contributed by atoms with E-state index in [0.29, 0.717) is 18.1 Å². The quantitative estimate of drug-likeness (QED) is 0.884. The van der Waals surface area contributed by atoms with Gasteiger partial charge in [0.15, 0.2) is 11.5 Å². The highest BCUT2D eigenvalue weighted by molar-refractivity contribution is 5.47. The van der Waals surface area contributed by atoms with Crippen LogP contribution in [0.2, 0.25) is 0 Å². The predicted molar refractivity (Wildman–Crippen MR) is 67.1 cm³/mol. The van der Waals surface area contributed by atoms with Crippen molar-refractivity contribution in [3.05, 3.63) is 47.9 Å². The number of anilines is 1. The Morgan fingerprint density at radius 2 is 2.17 bits per heavy atom. The van der Waals surface area contributed by atoms with E-state index in [9.17, 15) is 0 Å². The Morgan fingerprint density at radius 3 is 2.94 bits per heavy atom. The van der Waals surface area contributed by atoms with Crippen LogP contribution in [0.3, 0.4) is 0 Å². The third kappa shape index (κ3) is 2.74. The number of aromatic nitrogens is 2. The lowest BCUT2D eigenvalue weighted by Gasteiger charge is -2.07. The highest BCUT2D eigenvalue weighted by Crippen LogP contribution is 2.14. The molecular formula is C13H12N4O. The summed E-state index contributed by atoms with van der Waals surface area (Å²) in [6.07, 6.45) is 3.05. The van der Waals surface area contributed by atoms with Crippen LogP contribution in [0.1, 0.15) is 11.3 Å². The van der Waals surface area contributed by atoms with Gasteiger partial charge >= 0.3 is 0 Å². The molecule has 2 rings (SSSR count). The fraction of sp³-hybridized carbons (Fsp3) is 0.154. The molecule has 0 atom stereocenters. The van der Waals surface area contributed by atoms with Crippen molar-refractivity contribution in [1.82, 2.24) is 9.97 Å². The number of nitrogens with one attached hydrogen (secondary N) is 1. The van der Waals surface area contributed by atoms with Gasteiger partial charge in [0, 0.05) is 18.9 Å². The van der Waals surface area contributed by atoms with Crippen LogP contribution < -0.4 is 10.1 Å². The van der Waals surface area contributed by atoms with Gasteiger partial charge < -0.3 is 10.1 Å². The second-order valence-corrected chi connectivity index (χ2v) is 3.57. The number of rotatable bonds is 4. The van der Waals surface area contributed by atoms with Crippen molar-refractivity contribution in [3.8, 4) is 11.8 Å². The molecule has 18 heavy (non-hydrogen) atoms. The van der Waals surface area contributed by atoms with Crippen LogP contribution >= 0.6 is 0 Å². The van der Waals surface area contributed by atoms with Gasteiger partial charge in [-0.25, -0.2) is 9.97 Å². The fourth-order valence-electron chi connectivity index (χ4n) is 1.52. The SMILES string of the molecule is COc1cccc(CNc2nccnc2C#N)c1. The smallest absolute Gasteiger partial charge is 0.182 e. The molecule has 0 saturated carbocycles. The molecule has 0 aliphatic carbocycles. The summed E-state index contributed by atoms with van der Waals surface area (Å²) >= 11 is 0. The number of methoxy groups -OCH3 is 1. The van der Waals surface area contributed by atoms with Crippen molar-refractivity contribution in [3.63, 3.8) is 0 Å². The summed E-state index contributed by atoms with van der Waals surface area (Å²) in [6.45, 7) is 0.560. The third-order valence-electron chi connectivity index (χ3n) is 2.40. The van der Waals surface area contributed by atoms with E-state index in [4.69, 9.17) is 10.00 Å². The van der Waals surface area contributed by atoms with Crippen LogP contribution in [0.25, 0.3) is 0 Å². The Bertz CT molecular complexity index is 577. The first kappa shape index (κ1) is 11.9. The van der Waals surface area contributed by atoms with Crippen molar-refractivity contribution in [2.24, 2.45) is 0 Å². The van der Waals surface area contributed by atoms with Gasteiger partial charge in [0.1, 0.15) is 11.8 Å². The molecule has 0 fully saturated rings. The maximum atomic E-state index is 8.89. The Kier molecular flexibility index (Phi) is 3.72. The van der Waals surface area contributed by atoms with Crippen molar-refractivity contribution < 1.29 is 4.74 Å². The molecule has 0 unspecified atom stereocenters. The largest absolute Gasteiger partial charge is 0.497 e. The van der Waals surface area contributed by atoms with E-state index in [0.717, 1.165) is 11.3 Å². The zero-order chi connectivity index (χ0) is 12.8. The van der Waals surface area contributed by atoms with E-state index >= 15 is 0 Å². The number of benzene rings is 1. The predicted octanol–water partition coefficient (Wildman–Crippen LogP) is 1.97. The summed E-state index contributed by atoms with van der Waals surface area (Å²) in [5, 5.41) is 12.0. The molecule has 0 aliphatic heterocycles. The molecule has 5 nitrogen and oxygen atoms in total. The van der Waals surface area contributed by atoms with Gasteiger partial charge in [0.05, 0.1) is 7.11 Å². The van der Waals surface area contributed by atoms with Crippen molar-refractivity contribution in [1.29, 1.82) is 5.26 Å². The van der Waals surface area contributed by atoms with E-state index in [1.54, 1.807) is 13.3 Å². The Morgan fingerprint density at radius 1 is 1.33 bits per heavy atom. The number of ether oxygens (including phenoxy) is 1. The zero-order valence-corrected chi connectivity index (χ0v) is 9.92. The second-order valence-electron chi connectivity index (χ2n) is 3.57. The maximum Gasteiger partial charge on any atom is 0.182 e. The van der Waals surface area contributed by atoms with Crippen LogP contribution in [0, 0.1) is 11.3 Å². The summed E-state index contributed by atoms with van der Waals surface area (Å²) in [5.74, 6) is 1.29. The average Bonchev–Trinajstić information content (AvgIpc) is 2.45. The summed E-state index contributed by atoms with van der Waals surface area (Å²) in [5.41, 5.74) is 1.34. The molecule has 90 valence electrons. The van der Waals surface area contributed by atoms with Gasteiger partial charge in [-0.2, -0.15) is 5.26 Å². The van der Waals surface area contributed by atoms with Crippen LogP contribution in [-0.4, -0.2) is 17.1 Å². The number of nitriles is 1. The molecule has 0 spiro atoms. The van der Waals surface area contributed by atoms with Crippen LogP contribution in [-0.2, 0) is 6.54 Å². The molecule has 0 saturated heterocycles. The van der Waals surface area contributed by atoms with Crippen LogP contribution in [0.15, 0.2) is 36.7 Å². The molecule has 0 amide bonds. The minimum atomic E-state index is 0.292. The Balaban J connectivity index is 2.09. The first-order chi connectivity index (χ1) is 8.83. The molecule has 1 heterocycles. The van der Waals surface area contributed by atoms with Crippen LogP contribution in [0.4, 0.5) is 5.82 Å². The second kappa shape index (κ2) is 5.64. The summed E-state index contributed by atoms with van der Waals surface area (Å²) in [4.78, 5) is 8.01. The average molecular weight is 240 g/mol. The summed E-state index contributed by atoms with van der Waals surface area (Å²) in [6, 6.07) is 9.69. The maximum absolute atomic E-state index is 8.89. The lowest BCUT2D eigenvalue weighted by Crippen LogP contribution is -2.04. The van der Waals surface area contributed by atoms with Gasteiger partial charge in [-0.1, -0.05) is 12.1 Å². The normalized spacial score (nSPS) is 9.56. The van der Waals surface area contributed by atoms with E-state index in [-0.39, 0.29) is 0 Å². The molecule has 0 bridgehead atoms.